The van der Waals surface area contributed by atoms with Gasteiger partial charge in [-0.2, -0.15) is 5.26 Å². The molecule has 0 heterocycles. The van der Waals surface area contributed by atoms with Gasteiger partial charge in [-0.3, -0.25) is 0 Å². The van der Waals surface area contributed by atoms with Gasteiger partial charge in [0.05, 0.1) is 10.3 Å². The number of thioether (sulfide) groups is 1. The van der Waals surface area contributed by atoms with Crippen LogP contribution in [0.25, 0.3) is 0 Å². The zero-order chi connectivity index (χ0) is 13.7. The average molecular weight is 283 g/mol. The van der Waals surface area contributed by atoms with Gasteiger partial charge in [0.1, 0.15) is 5.25 Å². The van der Waals surface area contributed by atoms with E-state index in [0.717, 1.165) is 15.3 Å². The summed E-state index contributed by atoms with van der Waals surface area (Å²) in [5, 5.41) is 9.03. The molecule has 0 aliphatic carbocycles. The van der Waals surface area contributed by atoms with Crippen molar-refractivity contribution in [2.75, 3.05) is 0 Å². The van der Waals surface area contributed by atoms with Crippen LogP contribution in [0.1, 0.15) is 21.9 Å². The van der Waals surface area contributed by atoms with Crippen LogP contribution in [-0.2, 0) is 0 Å². The molecule has 0 radical (unpaired) electrons. The first-order chi connectivity index (χ1) is 9.20. The third-order valence-corrected chi connectivity index (χ3v) is 4.32. The molecule has 0 aliphatic rings. The van der Waals surface area contributed by atoms with Gasteiger partial charge >= 0.3 is 0 Å². The van der Waals surface area contributed by atoms with Crippen LogP contribution in [0.4, 0.5) is 0 Å². The lowest BCUT2D eigenvalue weighted by molar-refractivity contribution is 1.23. The van der Waals surface area contributed by atoms with Gasteiger partial charge < -0.3 is 0 Å². The molecule has 2 aromatic rings. The molecule has 0 spiro atoms. The highest BCUT2D eigenvalue weighted by atomic mass is 32.2. The number of aryl methyl sites for hydroxylation is 1. The van der Waals surface area contributed by atoms with Crippen molar-refractivity contribution in [3.05, 3.63) is 71.3 Å². The summed E-state index contributed by atoms with van der Waals surface area (Å²) >= 11 is 6.85. The van der Waals surface area contributed by atoms with Crippen molar-refractivity contribution in [3.63, 3.8) is 0 Å². The molecular formula is C16H13NS2. The maximum Gasteiger partial charge on any atom is 0.122 e. The van der Waals surface area contributed by atoms with Crippen LogP contribution in [0.5, 0.6) is 0 Å². The number of nitrogens with zero attached hydrogens (tertiary/aromatic N) is 1. The highest BCUT2D eigenvalue weighted by Crippen LogP contribution is 2.31. The maximum absolute atomic E-state index is 9.29. The molecule has 94 valence electrons. The molecule has 1 unspecified atom stereocenters. The van der Waals surface area contributed by atoms with Gasteiger partial charge in [0.25, 0.3) is 0 Å². The second-order valence-electron chi connectivity index (χ2n) is 4.19. The van der Waals surface area contributed by atoms with Crippen molar-refractivity contribution in [2.45, 2.75) is 12.2 Å². The Labute approximate surface area is 123 Å². The van der Waals surface area contributed by atoms with Gasteiger partial charge in [-0.05, 0) is 18.1 Å². The summed E-state index contributed by atoms with van der Waals surface area (Å²) in [6.07, 6.45) is 0. The molecule has 2 rings (SSSR count). The van der Waals surface area contributed by atoms with E-state index in [1.54, 1.807) is 0 Å². The van der Waals surface area contributed by atoms with E-state index in [9.17, 15) is 5.26 Å². The van der Waals surface area contributed by atoms with Crippen LogP contribution in [0, 0.1) is 18.3 Å². The average Bonchev–Trinajstić information content (AvgIpc) is 2.46. The van der Waals surface area contributed by atoms with Gasteiger partial charge in [-0.1, -0.05) is 84.1 Å². The summed E-state index contributed by atoms with van der Waals surface area (Å²) in [4.78, 5) is 0. The second kappa shape index (κ2) is 6.51. The summed E-state index contributed by atoms with van der Waals surface area (Å²) in [6.45, 7) is 2.04. The maximum atomic E-state index is 9.29. The molecule has 0 saturated heterocycles. The third-order valence-electron chi connectivity index (χ3n) is 2.73. The molecule has 0 amide bonds. The molecule has 3 heteroatoms. The Morgan fingerprint density at radius 2 is 1.74 bits per heavy atom. The third kappa shape index (κ3) is 3.66. The number of hydrogen-bond donors (Lipinski definition) is 0. The first-order valence-electron chi connectivity index (χ1n) is 5.93. The van der Waals surface area contributed by atoms with Crippen LogP contribution in [0.15, 0.2) is 54.6 Å². The monoisotopic (exact) mass is 283 g/mol. The van der Waals surface area contributed by atoms with Gasteiger partial charge in [-0.25, -0.2) is 0 Å². The number of benzene rings is 2. The SMILES string of the molecule is Cc1ccc(C(=S)SC(C#N)c2ccccc2)cc1. The van der Waals surface area contributed by atoms with Crippen molar-refractivity contribution in [2.24, 2.45) is 0 Å². The lowest BCUT2D eigenvalue weighted by atomic mass is 10.2. The van der Waals surface area contributed by atoms with E-state index in [1.807, 2.05) is 61.5 Å². The molecule has 0 saturated carbocycles. The van der Waals surface area contributed by atoms with Crippen molar-refractivity contribution < 1.29 is 0 Å². The summed E-state index contributed by atoms with van der Waals surface area (Å²) in [6, 6.07) is 20.1. The normalized spacial score (nSPS) is 11.6. The minimum atomic E-state index is -0.255. The van der Waals surface area contributed by atoms with Gasteiger partial charge in [0.15, 0.2) is 0 Å². The van der Waals surface area contributed by atoms with Crippen molar-refractivity contribution in [1.82, 2.24) is 0 Å². The number of hydrogen-bond acceptors (Lipinski definition) is 3. The van der Waals surface area contributed by atoms with Crippen molar-refractivity contribution >= 4 is 28.2 Å². The van der Waals surface area contributed by atoms with Crippen LogP contribution >= 0.6 is 24.0 Å². The second-order valence-corrected chi connectivity index (χ2v) is 5.97. The molecule has 1 nitrogen and oxygen atoms in total. The first-order valence-corrected chi connectivity index (χ1v) is 7.21. The van der Waals surface area contributed by atoms with Gasteiger partial charge in [0, 0.05) is 0 Å². The zero-order valence-electron chi connectivity index (χ0n) is 10.5. The Balaban J connectivity index is 2.13. The Bertz CT molecular complexity index is 597. The Morgan fingerprint density at radius 3 is 2.32 bits per heavy atom. The van der Waals surface area contributed by atoms with E-state index in [1.165, 1.54) is 17.3 Å². The molecule has 2 aromatic carbocycles. The van der Waals surface area contributed by atoms with Gasteiger partial charge in [0.2, 0.25) is 0 Å². The Kier molecular flexibility index (Phi) is 4.73. The van der Waals surface area contributed by atoms with E-state index in [4.69, 9.17) is 12.2 Å². The fourth-order valence-corrected chi connectivity index (χ4v) is 2.92. The van der Waals surface area contributed by atoms with Crippen LogP contribution < -0.4 is 0 Å². The van der Waals surface area contributed by atoms with E-state index >= 15 is 0 Å². The van der Waals surface area contributed by atoms with E-state index in [-0.39, 0.29) is 5.25 Å². The van der Waals surface area contributed by atoms with Crippen molar-refractivity contribution in [1.29, 1.82) is 5.26 Å². The molecular weight excluding hydrogens is 270 g/mol. The minimum Gasteiger partial charge on any atom is -0.197 e. The summed E-state index contributed by atoms with van der Waals surface area (Å²) in [5.41, 5.74) is 3.20. The highest BCUT2D eigenvalue weighted by Gasteiger charge is 2.14. The molecule has 0 aromatic heterocycles. The Morgan fingerprint density at radius 1 is 1.11 bits per heavy atom. The number of rotatable bonds is 3. The highest BCUT2D eigenvalue weighted by molar-refractivity contribution is 8.23. The number of nitriles is 1. The molecule has 0 bridgehead atoms. The predicted molar refractivity (Wildman–Crippen MR) is 85.3 cm³/mol. The summed E-state index contributed by atoms with van der Waals surface area (Å²) < 4.78 is 0.760. The molecule has 1 atom stereocenters. The number of thiocarbonyl (C=S) groups is 1. The van der Waals surface area contributed by atoms with Crippen LogP contribution in [-0.4, -0.2) is 4.20 Å². The lowest BCUT2D eigenvalue weighted by Gasteiger charge is -2.10. The fourth-order valence-electron chi connectivity index (χ4n) is 1.66. The minimum absolute atomic E-state index is 0.255. The van der Waals surface area contributed by atoms with E-state index < -0.39 is 0 Å². The Hall–Kier alpha value is -1.63. The fraction of sp³-hybridized carbons (Fsp3) is 0.125. The predicted octanol–water partition coefficient (Wildman–Crippen LogP) is 4.67. The van der Waals surface area contributed by atoms with Gasteiger partial charge in [-0.15, -0.1) is 0 Å². The van der Waals surface area contributed by atoms with Crippen LogP contribution in [0.3, 0.4) is 0 Å². The van der Waals surface area contributed by atoms with E-state index in [2.05, 4.69) is 6.07 Å². The standard InChI is InChI=1S/C16H13NS2/c1-12-7-9-14(10-8-12)16(18)19-15(11-17)13-5-3-2-4-6-13/h2-10,15H,1H3. The molecule has 0 N–H and O–H groups in total. The molecule has 0 fully saturated rings. The molecule has 19 heavy (non-hydrogen) atoms. The topological polar surface area (TPSA) is 23.8 Å². The zero-order valence-corrected chi connectivity index (χ0v) is 12.2. The van der Waals surface area contributed by atoms with Crippen LogP contribution in [0.2, 0.25) is 0 Å². The first kappa shape index (κ1) is 13.8. The summed E-state index contributed by atoms with van der Waals surface area (Å²) in [5.74, 6) is 0. The van der Waals surface area contributed by atoms with Crippen molar-refractivity contribution in [3.8, 4) is 6.07 Å². The molecule has 0 aliphatic heterocycles. The summed E-state index contributed by atoms with van der Waals surface area (Å²) in [7, 11) is 0. The smallest absolute Gasteiger partial charge is 0.122 e. The van der Waals surface area contributed by atoms with E-state index in [0.29, 0.717) is 0 Å². The largest absolute Gasteiger partial charge is 0.197 e. The lowest BCUT2D eigenvalue weighted by Crippen LogP contribution is -1.98. The quantitative estimate of drug-likeness (QED) is 0.765.